The Morgan fingerprint density at radius 1 is 1.30 bits per heavy atom. The summed E-state index contributed by atoms with van der Waals surface area (Å²) in [5.74, 6) is -0.0626. The highest BCUT2D eigenvalue weighted by atomic mass is 16.1. The number of carbonyl (C=O) groups excluding carboxylic acids is 1. The SMILES string of the molecule is Cc1ccc(N)c(C(=O)NCCCCN2CCCC2)c1. The molecule has 4 heteroatoms. The molecule has 0 bridgehead atoms. The van der Waals surface area contributed by atoms with Crippen LogP contribution in [-0.4, -0.2) is 37.0 Å². The Labute approximate surface area is 121 Å². The van der Waals surface area contributed by atoms with Crippen molar-refractivity contribution >= 4 is 11.6 Å². The number of hydrogen-bond acceptors (Lipinski definition) is 3. The Kier molecular flexibility index (Phi) is 5.41. The molecule has 20 heavy (non-hydrogen) atoms. The van der Waals surface area contributed by atoms with Crippen molar-refractivity contribution in [3.05, 3.63) is 29.3 Å². The van der Waals surface area contributed by atoms with Crippen LogP contribution < -0.4 is 11.1 Å². The number of nitrogen functional groups attached to an aromatic ring is 1. The van der Waals surface area contributed by atoms with Crippen molar-refractivity contribution in [1.82, 2.24) is 10.2 Å². The van der Waals surface area contributed by atoms with Crippen molar-refractivity contribution in [2.45, 2.75) is 32.6 Å². The summed E-state index contributed by atoms with van der Waals surface area (Å²) in [4.78, 5) is 14.5. The van der Waals surface area contributed by atoms with E-state index in [0.29, 0.717) is 11.3 Å². The van der Waals surface area contributed by atoms with Gasteiger partial charge in [0.2, 0.25) is 0 Å². The molecule has 1 aliphatic heterocycles. The van der Waals surface area contributed by atoms with Crippen molar-refractivity contribution in [2.24, 2.45) is 0 Å². The molecule has 0 atom stereocenters. The number of nitrogens with one attached hydrogen (secondary N) is 1. The van der Waals surface area contributed by atoms with Gasteiger partial charge in [-0.2, -0.15) is 0 Å². The van der Waals surface area contributed by atoms with E-state index < -0.39 is 0 Å². The molecule has 0 saturated carbocycles. The Hall–Kier alpha value is -1.55. The highest BCUT2D eigenvalue weighted by molar-refractivity contribution is 5.99. The zero-order chi connectivity index (χ0) is 14.4. The van der Waals surface area contributed by atoms with Gasteiger partial charge in [-0.3, -0.25) is 4.79 Å². The van der Waals surface area contributed by atoms with E-state index in [1.54, 1.807) is 6.07 Å². The third-order valence-corrected chi connectivity index (χ3v) is 3.84. The molecular weight excluding hydrogens is 250 g/mol. The zero-order valence-corrected chi connectivity index (χ0v) is 12.3. The van der Waals surface area contributed by atoms with E-state index in [4.69, 9.17) is 5.73 Å². The summed E-state index contributed by atoms with van der Waals surface area (Å²) in [5, 5.41) is 2.95. The maximum atomic E-state index is 12.0. The molecule has 4 nitrogen and oxygen atoms in total. The number of anilines is 1. The molecular formula is C16H25N3O. The first-order chi connectivity index (χ1) is 9.66. The Morgan fingerprint density at radius 2 is 2.05 bits per heavy atom. The highest BCUT2D eigenvalue weighted by Gasteiger charge is 2.11. The normalized spacial score (nSPS) is 15.4. The summed E-state index contributed by atoms with van der Waals surface area (Å²) in [6, 6.07) is 5.55. The predicted octanol–water partition coefficient (Wildman–Crippen LogP) is 2.18. The number of likely N-dealkylation sites (tertiary alicyclic amines) is 1. The summed E-state index contributed by atoms with van der Waals surface area (Å²) >= 11 is 0. The lowest BCUT2D eigenvalue weighted by Gasteiger charge is -2.14. The lowest BCUT2D eigenvalue weighted by molar-refractivity contribution is 0.0953. The number of rotatable bonds is 6. The third-order valence-electron chi connectivity index (χ3n) is 3.84. The van der Waals surface area contributed by atoms with Crippen molar-refractivity contribution in [3.63, 3.8) is 0 Å². The molecule has 0 aromatic heterocycles. The summed E-state index contributed by atoms with van der Waals surface area (Å²) in [5.41, 5.74) is 8.02. The van der Waals surface area contributed by atoms with Gasteiger partial charge in [0.1, 0.15) is 0 Å². The lowest BCUT2D eigenvalue weighted by atomic mass is 10.1. The molecule has 0 radical (unpaired) electrons. The molecule has 1 heterocycles. The number of hydrogen-bond donors (Lipinski definition) is 2. The van der Waals surface area contributed by atoms with Gasteiger partial charge in [0, 0.05) is 12.2 Å². The van der Waals surface area contributed by atoms with Gasteiger partial charge in [-0.05, 0) is 64.4 Å². The maximum absolute atomic E-state index is 12.0. The van der Waals surface area contributed by atoms with Crippen LogP contribution in [0.25, 0.3) is 0 Å². The largest absolute Gasteiger partial charge is 0.398 e. The second kappa shape index (κ2) is 7.29. The van der Waals surface area contributed by atoms with Gasteiger partial charge < -0.3 is 16.0 Å². The molecule has 0 spiro atoms. The molecule has 2 rings (SSSR count). The van der Waals surface area contributed by atoms with Gasteiger partial charge in [-0.25, -0.2) is 0 Å². The second-order valence-corrected chi connectivity index (χ2v) is 5.60. The number of aryl methyl sites for hydroxylation is 1. The predicted molar refractivity (Wildman–Crippen MR) is 82.8 cm³/mol. The quantitative estimate of drug-likeness (QED) is 0.618. The summed E-state index contributed by atoms with van der Waals surface area (Å²) < 4.78 is 0. The van der Waals surface area contributed by atoms with E-state index in [1.807, 2.05) is 19.1 Å². The van der Waals surface area contributed by atoms with Gasteiger partial charge in [0.05, 0.1) is 5.56 Å². The van der Waals surface area contributed by atoms with Gasteiger partial charge in [0.25, 0.3) is 5.91 Å². The Bertz CT molecular complexity index is 453. The highest BCUT2D eigenvalue weighted by Crippen LogP contribution is 2.13. The first-order valence-electron chi connectivity index (χ1n) is 7.53. The molecule has 1 amide bonds. The second-order valence-electron chi connectivity index (χ2n) is 5.60. The fraction of sp³-hybridized carbons (Fsp3) is 0.562. The van der Waals surface area contributed by atoms with E-state index >= 15 is 0 Å². The molecule has 3 N–H and O–H groups in total. The number of benzene rings is 1. The molecule has 1 aromatic carbocycles. The first-order valence-corrected chi connectivity index (χ1v) is 7.53. The smallest absolute Gasteiger partial charge is 0.253 e. The molecule has 110 valence electrons. The lowest BCUT2D eigenvalue weighted by Crippen LogP contribution is -2.26. The van der Waals surface area contributed by atoms with Crippen LogP contribution in [0, 0.1) is 6.92 Å². The van der Waals surface area contributed by atoms with E-state index in [-0.39, 0.29) is 5.91 Å². The van der Waals surface area contributed by atoms with Crippen LogP contribution in [-0.2, 0) is 0 Å². The monoisotopic (exact) mass is 275 g/mol. The van der Waals surface area contributed by atoms with Gasteiger partial charge >= 0.3 is 0 Å². The summed E-state index contributed by atoms with van der Waals surface area (Å²) in [6.45, 7) is 6.33. The van der Waals surface area contributed by atoms with Crippen LogP contribution in [0.2, 0.25) is 0 Å². The molecule has 0 aliphatic carbocycles. The van der Waals surface area contributed by atoms with Gasteiger partial charge in [0.15, 0.2) is 0 Å². The van der Waals surface area contributed by atoms with Crippen LogP contribution >= 0.6 is 0 Å². The zero-order valence-electron chi connectivity index (χ0n) is 12.3. The minimum absolute atomic E-state index is 0.0626. The maximum Gasteiger partial charge on any atom is 0.253 e. The molecule has 1 fully saturated rings. The van der Waals surface area contributed by atoms with Crippen molar-refractivity contribution < 1.29 is 4.79 Å². The van der Waals surface area contributed by atoms with Crippen LogP contribution in [0.3, 0.4) is 0 Å². The fourth-order valence-corrected chi connectivity index (χ4v) is 2.63. The molecule has 0 unspecified atom stereocenters. The first kappa shape index (κ1) is 14.9. The van der Waals surface area contributed by atoms with Gasteiger partial charge in [-0.15, -0.1) is 0 Å². The summed E-state index contributed by atoms with van der Waals surface area (Å²) in [6.07, 6.45) is 4.84. The number of nitrogens with two attached hydrogens (primary N) is 1. The number of carbonyl (C=O) groups is 1. The van der Waals surface area contributed by atoms with Gasteiger partial charge in [-0.1, -0.05) is 11.6 Å². The van der Waals surface area contributed by atoms with E-state index in [9.17, 15) is 4.79 Å². The van der Waals surface area contributed by atoms with Crippen molar-refractivity contribution in [1.29, 1.82) is 0 Å². The minimum atomic E-state index is -0.0626. The topological polar surface area (TPSA) is 58.4 Å². The van der Waals surface area contributed by atoms with Crippen molar-refractivity contribution in [2.75, 3.05) is 31.9 Å². The fourth-order valence-electron chi connectivity index (χ4n) is 2.63. The van der Waals surface area contributed by atoms with Crippen LogP contribution in [0.1, 0.15) is 41.6 Å². The Balaban J connectivity index is 1.68. The molecule has 1 aliphatic rings. The number of amides is 1. The standard InChI is InChI=1S/C16H25N3O/c1-13-6-7-15(17)14(12-13)16(20)18-8-2-3-9-19-10-4-5-11-19/h6-7,12H,2-5,8-11,17H2,1H3,(H,18,20). The average molecular weight is 275 g/mol. The van der Waals surface area contributed by atoms with E-state index in [0.717, 1.165) is 31.5 Å². The van der Waals surface area contributed by atoms with Crippen LogP contribution in [0.15, 0.2) is 18.2 Å². The summed E-state index contributed by atoms with van der Waals surface area (Å²) in [7, 11) is 0. The minimum Gasteiger partial charge on any atom is -0.398 e. The Morgan fingerprint density at radius 3 is 2.80 bits per heavy atom. The number of nitrogens with zero attached hydrogens (tertiary/aromatic N) is 1. The molecule has 1 saturated heterocycles. The van der Waals surface area contributed by atoms with Crippen LogP contribution in [0.4, 0.5) is 5.69 Å². The van der Waals surface area contributed by atoms with Crippen LogP contribution in [0.5, 0.6) is 0 Å². The van der Waals surface area contributed by atoms with E-state index in [1.165, 1.54) is 25.9 Å². The average Bonchev–Trinajstić information content (AvgIpc) is 2.94. The van der Waals surface area contributed by atoms with E-state index in [2.05, 4.69) is 10.2 Å². The third kappa shape index (κ3) is 4.23. The van der Waals surface area contributed by atoms with Crippen molar-refractivity contribution in [3.8, 4) is 0 Å². The molecule has 1 aromatic rings. The number of unbranched alkanes of at least 4 members (excludes halogenated alkanes) is 1.